The number of nitrogens with one attached hydrogen (secondary N) is 14. The van der Waals surface area contributed by atoms with Gasteiger partial charge in [0.05, 0.1) is 64.7 Å². The molecule has 14 amide bonds. The average Bonchev–Trinajstić information content (AvgIpc) is 0.870. The van der Waals surface area contributed by atoms with Crippen LogP contribution in [0.5, 0.6) is 0 Å². The molecule has 0 aliphatic carbocycles. The van der Waals surface area contributed by atoms with E-state index in [1.54, 1.807) is 10.6 Å². The minimum Gasteiger partial charge on any atom is -0.481 e. The number of aliphatic hydroxyl groups excluding tert-OH is 2. The monoisotopic (exact) mass is 1540 g/mol. The molecule has 596 valence electrons. The largest absolute Gasteiger partial charge is 0.481 e. The van der Waals surface area contributed by atoms with Gasteiger partial charge >= 0.3 is 59.7 Å². The summed E-state index contributed by atoms with van der Waals surface area (Å²) in [5.41, 5.74) is 5.66. The van der Waals surface area contributed by atoms with Crippen molar-refractivity contribution in [1.29, 1.82) is 0 Å². The zero-order valence-electron chi connectivity index (χ0n) is 55.9. The van der Waals surface area contributed by atoms with Crippen molar-refractivity contribution < 1.29 is 176 Å². The van der Waals surface area contributed by atoms with E-state index in [1.807, 2.05) is 53.2 Å². The van der Waals surface area contributed by atoms with E-state index < -0.39 is 345 Å². The Kier molecular flexibility index (Phi) is 43.1. The topological polar surface area (TPSA) is 847 Å². The SMILES string of the molecule is N[C@@H](CCC(=O)O)C(=O)N[C@@H](CCC(=O)O)C(=O)N[C@@H](CCC(=O)O)C(=O)NCC(=O)N[C@@H](CO)C(=O)NCC(=O)N[C@@H](CC(=O)O)C(=O)N[C@@H](CC(=O)O)C(=O)N[C@@H](CC(=O)O)C(=O)NCC(=O)N[C@@H](CO)C(=O)NCC(=O)N[C@@H](CCC(=O)O)C(=O)N[C@@H](CCC(=O)O)C(=O)N[C@@H](CCC(=O)O)C(=O)O. The fourth-order valence-corrected chi connectivity index (χ4v) is 8.41. The minimum absolute atomic E-state index is 0.425. The quantitative estimate of drug-likeness (QED) is 0.0269. The summed E-state index contributed by atoms with van der Waals surface area (Å²) in [5, 5.41) is 139. The normalized spacial score (nSPS) is 13.7. The molecule has 0 bridgehead atoms. The lowest BCUT2D eigenvalue weighted by Crippen LogP contribution is -2.59. The first-order valence-electron chi connectivity index (χ1n) is 31.2. The Bertz CT molecular complexity index is 3330. The van der Waals surface area contributed by atoms with E-state index in [9.17, 15) is 161 Å². The summed E-state index contributed by atoms with van der Waals surface area (Å²) < 4.78 is 0. The number of hydrogen-bond donors (Lipinski definition) is 27. The molecule has 11 atom stereocenters. The van der Waals surface area contributed by atoms with Gasteiger partial charge in [-0.15, -0.1) is 0 Å². The van der Waals surface area contributed by atoms with Crippen LogP contribution >= 0.6 is 0 Å². The van der Waals surface area contributed by atoms with Crippen molar-refractivity contribution >= 4 is 142 Å². The second-order valence-corrected chi connectivity index (χ2v) is 22.4. The highest BCUT2D eigenvalue weighted by Gasteiger charge is 2.36. The van der Waals surface area contributed by atoms with Crippen LogP contribution < -0.4 is 80.2 Å². The molecule has 0 fully saturated rings. The van der Waals surface area contributed by atoms with Crippen molar-refractivity contribution in [3.8, 4) is 0 Å². The van der Waals surface area contributed by atoms with Crippen LogP contribution in [0.2, 0.25) is 0 Å². The lowest BCUT2D eigenvalue weighted by atomic mass is 10.1. The Morgan fingerprint density at radius 1 is 0.224 bits per heavy atom. The van der Waals surface area contributed by atoms with Crippen LogP contribution in [0, 0.1) is 0 Å². The molecule has 0 spiro atoms. The van der Waals surface area contributed by atoms with Crippen molar-refractivity contribution in [2.24, 2.45) is 5.73 Å². The van der Waals surface area contributed by atoms with Gasteiger partial charge in [-0.1, -0.05) is 0 Å². The molecule has 51 nitrogen and oxygen atoms in total. The van der Waals surface area contributed by atoms with Gasteiger partial charge in [-0.2, -0.15) is 0 Å². The first-order chi connectivity index (χ1) is 49.9. The third-order valence-corrected chi connectivity index (χ3v) is 13.8. The predicted octanol–water partition coefficient (Wildman–Crippen LogP) is -13.7. The average molecular weight is 1540 g/mol. The van der Waals surface area contributed by atoms with Gasteiger partial charge in [-0.05, 0) is 38.5 Å². The van der Waals surface area contributed by atoms with Crippen LogP contribution in [-0.2, 0) is 115 Å². The smallest absolute Gasteiger partial charge is 0.326 e. The molecule has 28 N–H and O–H groups in total. The lowest BCUT2D eigenvalue weighted by molar-refractivity contribution is -0.144. The molecule has 0 aromatic rings. The molecular formula is C56H81N15O36. The maximum absolute atomic E-state index is 13.5. The molecule has 0 radical (unpaired) electrons. The van der Waals surface area contributed by atoms with Crippen LogP contribution in [-0.4, -0.2) is 310 Å². The number of carboxylic acids is 10. The van der Waals surface area contributed by atoms with E-state index in [2.05, 4.69) is 10.6 Å². The predicted molar refractivity (Wildman–Crippen MR) is 339 cm³/mol. The number of aliphatic carboxylic acids is 10. The summed E-state index contributed by atoms with van der Waals surface area (Å²) in [6.07, 6.45) is -12.7. The number of rotatable bonds is 55. The summed E-state index contributed by atoms with van der Waals surface area (Å²) in [6.45, 7) is -7.24. The van der Waals surface area contributed by atoms with Crippen molar-refractivity contribution in [2.45, 2.75) is 163 Å². The lowest BCUT2D eigenvalue weighted by Gasteiger charge is -2.24. The summed E-state index contributed by atoms with van der Waals surface area (Å²) in [4.78, 5) is 297. The number of amides is 14. The molecule has 0 aromatic heterocycles. The standard InChI is InChI=1S/C56H81N15O36/c57-22(1-7-37(78)79)46(96)66-25(4-10-40(84)85)52(102)67-23(2-8-38(80)81)47(97)58-18-35(76)64-32(21-73)50(100)61-17-34(75)63-29(14-44(92)93)54(104)71-30(15-45(94)95)55(105)70-28(13-43(90)91)48(98)59-19-36(77)65-31(20-72)49(99)60-16-33(74)62-24(3-9-39(82)83)51(101)68-26(5-11-41(86)87)53(103)69-27(56(106)107)6-12-42(88)89/h22-32,72-73H,1-21,57H2,(H,58,97)(H,59,98)(H,60,99)(H,61,100)(H,62,74)(H,63,75)(H,64,76)(H,65,77)(H,66,96)(H,67,102)(H,68,101)(H,69,103)(H,70,105)(H,71,104)(H,78,79)(H,80,81)(H,82,83)(H,84,85)(H,86,87)(H,88,89)(H,90,91)(H,92,93)(H,94,95)(H,106,107)/t22-,23-,24-,25-,26-,27-,28-,29-,30-,31-,32-/m0/s1. The maximum Gasteiger partial charge on any atom is 0.326 e. The molecule has 0 aliphatic heterocycles. The Hall–Kier alpha value is -12.8. The number of hydrogen-bond acceptors (Lipinski definition) is 27. The van der Waals surface area contributed by atoms with Gasteiger partial charge in [-0.3, -0.25) is 110 Å². The van der Waals surface area contributed by atoms with E-state index in [-0.39, 0.29) is 0 Å². The molecule has 0 aliphatic rings. The van der Waals surface area contributed by atoms with E-state index in [0.29, 0.717) is 0 Å². The second kappa shape index (κ2) is 48.9. The minimum atomic E-state index is -2.38. The summed E-state index contributed by atoms with van der Waals surface area (Å²) >= 11 is 0. The van der Waals surface area contributed by atoms with Crippen molar-refractivity contribution in [2.75, 3.05) is 39.4 Å². The van der Waals surface area contributed by atoms with Crippen LogP contribution in [0.3, 0.4) is 0 Å². The van der Waals surface area contributed by atoms with E-state index in [4.69, 9.17) is 21.1 Å². The first-order valence-corrected chi connectivity index (χ1v) is 31.2. The van der Waals surface area contributed by atoms with Gasteiger partial charge < -0.3 is 141 Å². The molecule has 0 heterocycles. The summed E-state index contributed by atoms with van der Waals surface area (Å²) in [6, 6.07) is -21.7. The Labute approximate surface area is 599 Å². The van der Waals surface area contributed by atoms with Gasteiger partial charge in [-0.25, -0.2) is 4.79 Å². The summed E-state index contributed by atoms with van der Waals surface area (Å²) in [5.74, 6) is -35.6. The number of aliphatic hydroxyl groups is 2. The molecule has 0 unspecified atom stereocenters. The second-order valence-electron chi connectivity index (χ2n) is 22.4. The highest BCUT2D eigenvalue weighted by atomic mass is 16.4. The molecular weight excluding hydrogens is 1460 g/mol. The van der Waals surface area contributed by atoms with Crippen LogP contribution in [0.4, 0.5) is 0 Å². The molecule has 0 aromatic carbocycles. The van der Waals surface area contributed by atoms with Gasteiger partial charge in [0.25, 0.3) is 0 Å². The van der Waals surface area contributed by atoms with Gasteiger partial charge in [0.15, 0.2) is 0 Å². The highest BCUT2D eigenvalue weighted by molar-refractivity contribution is 6.01. The van der Waals surface area contributed by atoms with Crippen molar-refractivity contribution in [1.82, 2.24) is 74.4 Å². The van der Waals surface area contributed by atoms with Gasteiger partial charge in [0.2, 0.25) is 82.7 Å². The zero-order chi connectivity index (χ0) is 82.0. The molecule has 0 rings (SSSR count). The van der Waals surface area contributed by atoms with Crippen LogP contribution in [0.1, 0.15) is 96.3 Å². The fourth-order valence-electron chi connectivity index (χ4n) is 8.41. The molecule has 0 saturated carbocycles. The van der Waals surface area contributed by atoms with Crippen molar-refractivity contribution in [3.05, 3.63) is 0 Å². The highest BCUT2D eigenvalue weighted by Crippen LogP contribution is 2.09. The maximum atomic E-state index is 13.5. The van der Waals surface area contributed by atoms with E-state index in [0.717, 1.165) is 0 Å². The first kappa shape index (κ1) is 94.2. The molecule has 107 heavy (non-hydrogen) atoms. The number of carbonyl (C=O) groups excluding carboxylic acids is 14. The number of nitrogens with two attached hydrogens (primary N) is 1. The zero-order valence-corrected chi connectivity index (χ0v) is 55.9. The van der Waals surface area contributed by atoms with E-state index >= 15 is 0 Å². The Balaban J connectivity index is 6.06. The van der Waals surface area contributed by atoms with Gasteiger partial charge in [0.1, 0.15) is 60.4 Å². The fraction of sp³-hybridized carbons (Fsp3) is 0.571. The van der Waals surface area contributed by atoms with E-state index in [1.165, 1.54) is 0 Å². The van der Waals surface area contributed by atoms with Crippen LogP contribution in [0.15, 0.2) is 0 Å². The third-order valence-electron chi connectivity index (χ3n) is 13.8. The van der Waals surface area contributed by atoms with Crippen molar-refractivity contribution in [3.63, 3.8) is 0 Å². The summed E-state index contributed by atoms with van der Waals surface area (Å²) in [7, 11) is 0. The number of carbonyl (C=O) groups is 24. The number of carboxylic acid groups (broad SMARTS) is 10. The molecule has 51 heteroatoms. The third kappa shape index (κ3) is 41.2. The Morgan fingerprint density at radius 3 is 0.710 bits per heavy atom. The Morgan fingerprint density at radius 2 is 0.421 bits per heavy atom. The van der Waals surface area contributed by atoms with Gasteiger partial charge in [0, 0.05) is 38.5 Å². The molecule has 0 saturated heterocycles. The van der Waals surface area contributed by atoms with Crippen LogP contribution in [0.25, 0.3) is 0 Å².